The molecule has 0 aliphatic heterocycles. The van der Waals surface area contributed by atoms with Crippen molar-refractivity contribution in [2.45, 2.75) is 32.6 Å². The predicted molar refractivity (Wildman–Crippen MR) is 74.2 cm³/mol. The van der Waals surface area contributed by atoms with Crippen LogP contribution < -0.4 is 10.6 Å². The summed E-state index contributed by atoms with van der Waals surface area (Å²) >= 11 is 6.72. The topological polar surface area (TPSA) is 37.0 Å². The van der Waals surface area contributed by atoms with Gasteiger partial charge in [-0.3, -0.25) is 0 Å². The monoisotopic (exact) mass is 257 g/mol. The average Bonchev–Trinajstić information content (AvgIpc) is 2.65. The molecule has 0 radical (unpaired) electrons. The standard InChI is InChI=1S/C11H19N3S2/c1-11(2,3)8-7-16-9(14-8)5-6-13-10(15)12-4/h7H,5-6H2,1-4H3,(H2,12,13,15). The molecule has 0 aliphatic rings. The molecular formula is C11H19N3S2. The van der Waals surface area contributed by atoms with E-state index >= 15 is 0 Å². The van der Waals surface area contributed by atoms with Crippen LogP contribution in [0.15, 0.2) is 5.38 Å². The van der Waals surface area contributed by atoms with Gasteiger partial charge in [-0.25, -0.2) is 4.98 Å². The lowest BCUT2D eigenvalue weighted by molar-refractivity contribution is 0.570. The first kappa shape index (κ1) is 13.4. The highest BCUT2D eigenvalue weighted by molar-refractivity contribution is 7.80. The Bertz CT molecular complexity index is 352. The second-order valence-corrected chi connectivity index (χ2v) is 5.98. The summed E-state index contributed by atoms with van der Waals surface area (Å²) in [5.41, 5.74) is 1.31. The minimum Gasteiger partial charge on any atom is -0.366 e. The Morgan fingerprint density at radius 3 is 2.69 bits per heavy atom. The number of hydrogen-bond acceptors (Lipinski definition) is 3. The van der Waals surface area contributed by atoms with Crippen LogP contribution >= 0.6 is 23.6 Å². The quantitative estimate of drug-likeness (QED) is 0.813. The second kappa shape index (κ2) is 5.59. The van der Waals surface area contributed by atoms with Gasteiger partial charge in [-0.05, 0) is 12.2 Å². The van der Waals surface area contributed by atoms with Crippen LogP contribution in [0.3, 0.4) is 0 Å². The first-order chi connectivity index (χ1) is 7.43. The summed E-state index contributed by atoms with van der Waals surface area (Å²) in [6.07, 6.45) is 0.919. The van der Waals surface area contributed by atoms with E-state index in [9.17, 15) is 0 Å². The molecule has 1 aromatic heterocycles. The Kier molecular flexibility index (Phi) is 4.68. The van der Waals surface area contributed by atoms with Gasteiger partial charge >= 0.3 is 0 Å². The summed E-state index contributed by atoms with van der Waals surface area (Å²) in [6, 6.07) is 0. The molecule has 0 aromatic carbocycles. The van der Waals surface area contributed by atoms with Crippen LogP contribution in [0.4, 0.5) is 0 Å². The summed E-state index contributed by atoms with van der Waals surface area (Å²) in [6.45, 7) is 7.37. The molecule has 90 valence electrons. The van der Waals surface area contributed by atoms with Crippen molar-refractivity contribution in [3.8, 4) is 0 Å². The molecule has 5 heteroatoms. The fourth-order valence-electron chi connectivity index (χ4n) is 1.14. The van der Waals surface area contributed by atoms with Crippen LogP contribution in [0.1, 0.15) is 31.5 Å². The third kappa shape index (κ3) is 4.06. The zero-order chi connectivity index (χ0) is 12.2. The van der Waals surface area contributed by atoms with Crippen molar-refractivity contribution in [3.63, 3.8) is 0 Å². The zero-order valence-corrected chi connectivity index (χ0v) is 11.9. The maximum absolute atomic E-state index is 5.00. The van der Waals surface area contributed by atoms with Crippen LogP contribution in [-0.2, 0) is 11.8 Å². The van der Waals surface area contributed by atoms with Gasteiger partial charge in [0.15, 0.2) is 5.11 Å². The fourth-order valence-corrected chi connectivity index (χ4v) is 2.27. The highest BCUT2D eigenvalue weighted by atomic mass is 32.1. The van der Waals surface area contributed by atoms with Crippen molar-refractivity contribution >= 4 is 28.7 Å². The van der Waals surface area contributed by atoms with Crippen molar-refractivity contribution in [1.82, 2.24) is 15.6 Å². The molecule has 0 bridgehead atoms. The number of nitrogens with one attached hydrogen (secondary N) is 2. The summed E-state index contributed by atoms with van der Waals surface area (Å²) in [7, 11) is 1.82. The smallest absolute Gasteiger partial charge is 0.166 e. The van der Waals surface area contributed by atoms with E-state index in [0.29, 0.717) is 5.11 Å². The van der Waals surface area contributed by atoms with Gasteiger partial charge in [0.25, 0.3) is 0 Å². The lowest BCUT2D eigenvalue weighted by Gasteiger charge is -2.14. The van der Waals surface area contributed by atoms with Crippen LogP contribution in [-0.4, -0.2) is 23.7 Å². The number of nitrogens with zero attached hydrogens (tertiary/aromatic N) is 1. The minimum absolute atomic E-state index is 0.141. The number of thiazole rings is 1. The maximum atomic E-state index is 5.00. The molecule has 0 saturated heterocycles. The van der Waals surface area contributed by atoms with Crippen LogP contribution in [0, 0.1) is 0 Å². The van der Waals surface area contributed by atoms with Gasteiger partial charge in [0.2, 0.25) is 0 Å². The molecule has 0 amide bonds. The summed E-state index contributed by atoms with van der Waals surface area (Å²) < 4.78 is 0. The summed E-state index contributed by atoms with van der Waals surface area (Å²) in [5, 5.41) is 10.00. The Morgan fingerprint density at radius 1 is 1.50 bits per heavy atom. The molecule has 1 aromatic rings. The van der Waals surface area contributed by atoms with Crippen LogP contribution in [0.25, 0.3) is 0 Å². The van der Waals surface area contributed by atoms with Crippen molar-refractivity contribution in [2.75, 3.05) is 13.6 Å². The van der Waals surface area contributed by atoms with E-state index < -0.39 is 0 Å². The largest absolute Gasteiger partial charge is 0.366 e. The van der Waals surface area contributed by atoms with Gasteiger partial charge in [0.1, 0.15) is 0 Å². The van der Waals surface area contributed by atoms with E-state index in [1.54, 1.807) is 11.3 Å². The normalized spacial score (nSPS) is 11.2. The lowest BCUT2D eigenvalue weighted by Crippen LogP contribution is -2.33. The molecule has 16 heavy (non-hydrogen) atoms. The van der Waals surface area contributed by atoms with Gasteiger partial charge in [-0.1, -0.05) is 20.8 Å². The lowest BCUT2D eigenvalue weighted by atomic mass is 9.93. The third-order valence-electron chi connectivity index (χ3n) is 2.17. The average molecular weight is 257 g/mol. The first-order valence-corrected chi connectivity index (χ1v) is 6.62. The van der Waals surface area contributed by atoms with E-state index in [1.165, 1.54) is 5.69 Å². The number of hydrogen-bond donors (Lipinski definition) is 2. The molecule has 2 N–H and O–H groups in total. The molecule has 0 aliphatic carbocycles. The van der Waals surface area contributed by atoms with Crippen molar-refractivity contribution in [3.05, 3.63) is 16.1 Å². The second-order valence-electron chi connectivity index (χ2n) is 4.63. The van der Waals surface area contributed by atoms with Gasteiger partial charge in [0.05, 0.1) is 10.7 Å². The summed E-state index contributed by atoms with van der Waals surface area (Å²) in [4.78, 5) is 4.62. The predicted octanol–water partition coefficient (Wildman–Crippen LogP) is 2.08. The molecule has 0 saturated carbocycles. The Balaban J connectivity index is 2.44. The van der Waals surface area contributed by atoms with E-state index in [0.717, 1.165) is 18.0 Å². The fraction of sp³-hybridized carbons (Fsp3) is 0.636. The highest BCUT2D eigenvalue weighted by Crippen LogP contribution is 2.23. The van der Waals surface area contributed by atoms with Crippen molar-refractivity contribution in [2.24, 2.45) is 0 Å². The minimum atomic E-state index is 0.141. The molecule has 0 spiro atoms. The van der Waals surface area contributed by atoms with E-state index in [2.05, 4.69) is 41.8 Å². The summed E-state index contributed by atoms with van der Waals surface area (Å²) in [5.74, 6) is 0. The van der Waals surface area contributed by atoms with Gasteiger partial charge in [-0.15, -0.1) is 11.3 Å². The van der Waals surface area contributed by atoms with E-state index in [-0.39, 0.29) is 5.41 Å². The number of aromatic nitrogens is 1. The highest BCUT2D eigenvalue weighted by Gasteiger charge is 2.17. The maximum Gasteiger partial charge on any atom is 0.166 e. The molecule has 0 atom stereocenters. The molecular weight excluding hydrogens is 238 g/mol. The Morgan fingerprint density at radius 2 is 2.19 bits per heavy atom. The van der Waals surface area contributed by atoms with Gasteiger partial charge < -0.3 is 10.6 Å². The van der Waals surface area contributed by atoms with Crippen LogP contribution in [0.5, 0.6) is 0 Å². The van der Waals surface area contributed by atoms with E-state index in [1.807, 2.05) is 7.05 Å². The molecule has 1 rings (SSSR count). The number of rotatable bonds is 3. The number of thiocarbonyl (C=S) groups is 1. The van der Waals surface area contributed by atoms with Crippen molar-refractivity contribution in [1.29, 1.82) is 0 Å². The first-order valence-electron chi connectivity index (χ1n) is 5.34. The van der Waals surface area contributed by atoms with Crippen LogP contribution in [0.2, 0.25) is 0 Å². The Labute approximate surface area is 107 Å². The van der Waals surface area contributed by atoms with Gasteiger partial charge in [0, 0.05) is 30.8 Å². The van der Waals surface area contributed by atoms with Gasteiger partial charge in [-0.2, -0.15) is 0 Å². The van der Waals surface area contributed by atoms with Crippen molar-refractivity contribution < 1.29 is 0 Å². The van der Waals surface area contributed by atoms with E-state index in [4.69, 9.17) is 12.2 Å². The molecule has 1 heterocycles. The molecule has 0 unspecified atom stereocenters. The SMILES string of the molecule is CNC(=S)NCCc1nc(C(C)(C)C)cs1. The molecule has 3 nitrogen and oxygen atoms in total. The Hall–Kier alpha value is -0.680. The zero-order valence-electron chi connectivity index (χ0n) is 10.3. The third-order valence-corrected chi connectivity index (χ3v) is 3.43. The molecule has 0 fully saturated rings.